The smallest absolute Gasteiger partial charge is 0.376 e. The van der Waals surface area contributed by atoms with Gasteiger partial charge in [-0.1, -0.05) is 12.2 Å². The molecule has 8 rings (SSSR count). The molecule has 0 saturated heterocycles. The van der Waals surface area contributed by atoms with Crippen molar-refractivity contribution in [3.63, 3.8) is 0 Å². The number of ether oxygens (including phenoxy) is 2. The predicted molar refractivity (Wildman–Crippen MR) is 154 cm³/mol. The van der Waals surface area contributed by atoms with Gasteiger partial charge >= 0.3 is 17.4 Å². The first-order chi connectivity index (χ1) is 18.0. The molecule has 0 atom stereocenters. The second-order valence-electron chi connectivity index (χ2n) is 12.1. The summed E-state index contributed by atoms with van der Waals surface area (Å²) in [6, 6.07) is 7.53. The average molecular weight is 523 g/mol. The molecular formula is C31H30N4O2S+2. The number of fused-ring (bicyclic) bond motifs is 7. The SMILES string of the molecule is CC1=CC(C)(C)Nc2cc3c(cc21)C=[N+]1c2cscc2[N+]2=Cc4cc5c(cc4OC12O3)NC(C)(C)C=C5C. The van der Waals surface area contributed by atoms with Crippen LogP contribution in [-0.2, 0) is 0 Å². The molecule has 2 aromatic carbocycles. The van der Waals surface area contributed by atoms with Crippen LogP contribution in [0.15, 0.2) is 47.2 Å². The summed E-state index contributed by atoms with van der Waals surface area (Å²) in [6.45, 7) is 13.1. The van der Waals surface area contributed by atoms with Gasteiger partial charge in [-0.05, 0) is 74.0 Å². The van der Waals surface area contributed by atoms with Gasteiger partial charge in [0.2, 0.25) is 0 Å². The molecule has 6 nitrogen and oxygen atoms in total. The third kappa shape index (κ3) is 2.88. The van der Waals surface area contributed by atoms with E-state index in [1.807, 2.05) is 0 Å². The van der Waals surface area contributed by atoms with E-state index in [0.29, 0.717) is 0 Å². The Hall–Kier alpha value is -3.84. The third-order valence-electron chi connectivity index (χ3n) is 7.99. The van der Waals surface area contributed by atoms with Crippen LogP contribution in [-0.4, -0.2) is 38.7 Å². The van der Waals surface area contributed by atoms with Crippen LogP contribution in [0.3, 0.4) is 0 Å². The molecule has 0 unspecified atom stereocenters. The average Bonchev–Trinajstić information content (AvgIpc) is 3.37. The number of nitrogens with one attached hydrogen (secondary N) is 2. The van der Waals surface area contributed by atoms with Crippen LogP contribution in [0.4, 0.5) is 22.7 Å². The van der Waals surface area contributed by atoms with Crippen LogP contribution in [0.25, 0.3) is 11.1 Å². The number of thiophene rings is 1. The van der Waals surface area contributed by atoms with Crippen molar-refractivity contribution in [1.29, 1.82) is 0 Å². The van der Waals surface area contributed by atoms with E-state index < -0.39 is 6.03 Å². The maximum absolute atomic E-state index is 6.90. The molecule has 0 bridgehead atoms. The molecule has 2 N–H and O–H groups in total. The molecule has 6 heterocycles. The van der Waals surface area contributed by atoms with Gasteiger partial charge in [0.05, 0.1) is 33.0 Å². The van der Waals surface area contributed by atoms with Crippen LogP contribution in [0.2, 0.25) is 0 Å². The summed E-state index contributed by atoms with van der Waals surface area (Å²) in [5.41, 5.74) is 11.1. The van der Waals surface area contributed by atoms with Crippen molar-refractivity contribution in [1.82, 2.24) is 0 Å². The molecule has 0 amide bonds. The molecule has 0 radical (unpaired) electrons. The lowest BCUT2D eigenvalue weighted by molar-refractivity contribution is -0.831. The van der Waals surface area contributed by atoms with E-state index in [1.54, 1.807) is 11.3 Å². The van der Waals surface area contributed by atoms with E-state index in [9.17, 15) is 0 Å². The molecule has 38 heavy (non-hydrogen) atoms. The standard InChI is InChI=1S/C31H28N4O2S/c1-17-11-29(3,4)32-23-9-27-19(7-21(17)23)13-34-25-15-38-16-26(25)35-14-20-8-22-18(2)12-30(5,6)33-24(22)10-28(20)37-31(34,35)36-27/h7-16H,1-6H3/p+2. The van der Waals surface area contributed by atoms with Crippen molar-refractivity contribution in [2.75, 3.05) is 10.6 Å². The predicted octanol–water partition coefficient (Wildman–Crippen LogP) is 6.90. The monoisotopic (exact) mass is 522 g/mol. The van der Waals surface area contributed by atoms with Gasteiger partial charge in [0.15, 0.2) is 23.9 Å². The third-order valence-corrected chi connectivity index (χ3v) is 8.71. The molecule has 1 aromatic heterocycles. The molecule has 0 saturated carbocycles. The van der Waals surface area contributed by atoms with E-state index in [-0.39, 0.29) is 11.1 Å². The number of benzene rings is 2. The molecule has 7 heteroatoms. The lowest BCUT2D eigenvalue weighted by atomic mass is 9.90. The van der Waals surface area contributed by atoms with Gasteiger partial charge in [-0.3, -0.25) is 0 Å². The summed E-state index contributed by atoms with van der Waals surface area (Å²) in [6.07, 6.45) is 8.90. The molecule has 0 aliphatic carbocycles. The zero-order chi connectivity index (χ0) is 26.2. The van der Waals surface area contributed by atoms with E-state index in [2.05, 4.69) is 121 Å². The second kappa shape index (κ2) is 6.77. The number of hydrogen-bond acceptors (Lipinski definition) is 5. The van der Waals surface area contributed by atoms with Gasteiger partial charge < -0.3 is 20.1 Å². The highest BCUT2D eigenvalue weighted by Crippen LogP contribution is 2.52. The summed E-state index contributed by atoms with van der Waals surface area (Å²) >= 11 is 1.69. The van der Waals surface area contributed by atoms with Crippen LogP contribution in [0.1, 0.15) is 63.8 Å². The van der Waals surface area contributed by atoms with Crippen molar-refractivity contribution in [3.05, 3.63) is 69.4 Å². The normalized spacial score (nSPS) is 21.4. The van der Waals surface area contributed by atoms with Crippen LogP contribution in [0.5, 0.6) is 11.5 Å². The molecule has 0 fully saturated rings. The van der Waals surface area contributed by atoms with Crippen molar-refractivity contribution in [2.45, 2.75) is 58.7 Å². The van der Waals surface area contributed by atoms with E-state index in [4.69, 9.17) is 9.47 Å². The van der Waals surface area contributed by atoms with Gasteiger partial charge in [-0.25, -0.2) is 0 Å². The Balaban J connectivity index is 1.31. The van der Waals surface area contributed by atoms with Crippen molar-refractivity contribution in [3.8, 4) is 11.5 Å². The fourth-order valence-electron chi connectivity index (χ4n) is 6.58. The molecule has 3 aromatic rings. The van der Waals surface area contributed by atoms with Crippen molar-refractivity contribution in [2.24, 2.45) is 0 Å². The highest BCUT2D eigenvalue weighted by Gasteiger charge is 2.73. The van der Waals surface area contributed by atoms with Gasteiger partial charge in [-0.15, -0.1) is 11.3 Å². The Kier molecular flexibility index (Phi) is 3.95. The minimum absolute atomic E-state index is 0.127. The van der Waals surface area contributed by atoms with E-state index in [0.717, 1.165) is 45.4 Å². The molecule has 5 aliphatic heterocycles. The first kappa shape index (κ1) is 22.2. The Morgan fingerprint density at radius 2 is 1.13 bits per heavy atom. The van der Waals surface area contributed by atoms with Gasteiger partial charge in [-0.2, -0.15) is 0 Å². The Morgan fingerprint density at radius 3 is 1.58 bits per heavy atom. The minimum atomic E-state index is -1.16. The van der Waals surface area contributed by atoms with Crippen molar-refractivity contribution >= 4 is 57.7 Å². The van der Waals surface area contributed by atoms with Gasteiger partial charge in [0.1, 0.15) is 0 Å². The fourth-order valence-corrected chi connectivity index (χ4v) is 7.38. The minimum Gasteiger partial charge on any atom is -0.376 e. The highest BCUT2D eigenvalue weighted by molar-refractivity contribution is 7.08. The van der Waals surface area contributed by atoms with Crippen LogP contribution in [0, 0.1) is 0 Å². The lowest BCUT2D eigenvalue weighted by Gasteiger charge is -2.34. The number of anilines is 2. The number of allylic oxidation sites excluding steroid dienone is 2. The lowest BCUT2D eigenvalue weighted by Crippen LogP contribution is -2.58. The molecule has 5 aliphatic rings. The summed E-state index contributed by atoms with van der Waals surface area (Å²) in [5, 5.41) is 11.7. The quantitative estimate of drug-likeness (QED) is 0.315. The first-order valence-electron chi connectivity index (χ1n) is 13.1. The summed E-state index contributed by atoms with van der Waals surface area (Å²) in [7, 11) is 0. The van der Waals surface area contributed by atoms with Crippen LogP contribution < -0.4 is 20.1 Å². The highest BCUT2D eigenvalue weighted by atomic mass is 32.1. The van der Waals surface area contributed by atoms with E-state index in [1.165, 1.54) is 22.3 Å². The van der Waals surface area contributed by atoms with Crippen molar-refractivity contribution < 1.29 is 18.6 Å². The molecular weight excluding hydrogens is 492 g/mol. The van der Waals surface area contributed by atoms with E-state index >= 15 is 0 Å². The molecule has 190 valence electrons. The topological polar surface area (TPSA) is 48.5 Å². The van der Waals surface area contributed by atoms with Gasteiger partial charge in [0, 0.05) is 34.6 Å². The Morgan fingerprint density at radius 1 is 0.684 bits per heavy atom. The largest absolute Gasteiger partial charge is 0.715 e. The fraction of sp³-hybridized carbons (Fsp3) is 0.290. The van der Waals surface area contributed by atoms with Gasteiger partial charge in [0.25, 0.3) is 0 Å². The van der Waals surface area contributed by atoms with Crippen LogP contribution >= 0.6 is 11.3 Å². The second-order valence-corrected chi connectivity index (χ2v) is 12.9. The summed E-state index contributed by atoms with van der Waals surface area (Å²) in [5.74, 6) is 1.59. The number of nitrogens with zero attached hydrogens (tertiary/aromatic N) is 2. The Labute approximate surface area is 226 Å². The Bertz CT molecular complexity index is 1630. The zero-order valence-electron chi connectivity index (χ0n) is 22.4. The summed E-state index contributed by atoms with van der Waals surface area (Å²) in [4.78, 5) is 0. The zero-order valence-corrected chi connectivity index (χ0v) is 23.2. The first-order valence-corrected chi connectivity index (χ1v) is 14.0. The summed E-state index contributed by atoms with van der Waals surface area (Å²) < 4.78 is 18.1. The molecule has 1 spiro atoms. The maximum atomic E-state index is 6.90. The maximum Gasteiger partial charge on any atom is 0.715 e. The number of hydrogen-bond donors (Lipinski definition) is 2. The number of rotatable bonds is 0.